The molecule has 0 atom stereocenters. The van der Waals surface area contributed by atoms with Crippen molar-refractivity contribution in [2.75, 3.05) is 13.2 Å². The van der Waals surface area contributed by atoms with Gasteiger partial charge in [-0.3, -0.25) is 0 Å². The van der Waals surface area contributed by atoms with Gasteiger partial charge in [0.05, 0.1) is 17.8 Å². The number of halogens is 1. The van der Waals surface area contributed by atoms with Gasteiger partial charge in [0.15, 0.2) is 0 Å². The highest BCUT2D eigenvalue weighted by atomic mass is 35.5. The fourth-order valence-corrected chi connectivity index (χ4v) is 1.22. The molecule has 0 saturated heterocycles. The normalized spacial score (nSPS) is 16.4. The summed E-state index contributed by atoms with van der Waals surface area (Å²) in [6, 6.07) is -0.0870. The van der Waals surface area contributed by atoms with E-state index in [1.165, 1.54) is 0 Å². The van der Waals surface area contributed by atoms with Crippen LogP contribution in [0.15, 0.2) is 0 Å². The number of hydrogen-bond donors (Lipinski definition) is 1. The van der Waals surface area contributed by atoms with Crippen molar-refractivity contribution in [2.24, 2.45) is 5.73 Å². The first-order valence-corrected chi connectivity index (χ1v) is 3.93. The zero-order chi connectivity index (χ0) is 7.68. The van der Waals surface area contributed by atoms with E-state index in [1.807, 2.05) is 0 Å². The Morgan fingerprint density at radius 3 is 2.25 bits per heavy atom. The number of nitrogens with two attached hydrogens (primary N) is 1. The molecular formula is C5H8ClN3O2S. The average Bonchev–Trinajstić information content (AvgIpc) is 2.38. The number of ether oxygens (including phenoxy) is 2. The molecule has 0 radical (unpaired) electrons. The molecule has 1 aromatic heterocycles. The van der Waals surface area contributed by atoms with E-state index in [4.69, 9.17) is 15.2 Å². The van der Waals surface area contributed by atoms with E-state index >= 15 is 0 Å². The summed E-state index contributed by atoms with van der Waals surface area (Å²) in [4.78, 5) is 0. The van der Waals surface area contributed by atoms with Crippen molar-refractivity contribution in [1.82, 2.24) is 8.75 Å². The highest BCUT2D eigenvalue weighted by Crippen LogP contribution is 2.25. The quantitative estimate of drug-likeness (QED) is 0.654. The topological polar surface area (TPSA) is 70.3 Å². The maximum Gasteiger partial charge on any atom is 0.291 e. The molecule has 7 heteroatoms. The van der Waals surface area contributed by atoms with Crippen LogP contribution in [0.25, 0.3) is 0 Å². The maximum atomic E-state index is 5.57. The molecule has 2 heterocycles. The number of hydrogen-bond acceptors (Lipinski definition) is 6. The lowest BCUT2D eigenvalue weighted by molar-refractivity contribution is 0.259. The number of rotatable bonds is 0. The molecule has 1 aromatic rings. The third-order valence-electron chi connectivity index (χ3n) is 1.30. The van der Waals surface area contributed by atoms with Gasteiger partial charge in [-0.2, -0.15) is 0 Å². The van der Waals surface area contributed by atoms with Gasteiger partial charge in [0, 0.05) is 0 Å². The Bertz CT molecular complexity index is 234. The predicted molar refractivity (Wildman–Crippen MR) is 46.1 cm³/mol. The highest BCUT2D eigenvalue weighted by molar-refractivity contribution is 6.99. The minimum Gasteiger partial charge on any atom is -0.471 e. The Labute approximate surface area is 79.6 Å². The zero-order valence-electron chi connectivity index (χ0n) is 6.10. The summed E-state index contributed by atoms with van der Waals surface area (Å²) in [5.74, 6) is 0.922. The van der Waals surface area contributed by atoms with Crippen molar-refractivity contribution in [1.29, 1.82) is 0 Å². The molecule has 0 aromatic carbocycles. The molecule has 12 heavy (non-hydrogen) atoms. The Morgan fingerprint density at radius 1 is 1.25 bits per heavy atom. The zero-order valence-corrected chi connectivity index (χ0v) is 7.73. The Hall–Kier alpha value is -0.590. The van der Waals surface area contributed by atoms with Crippen LogP contribution in [0.5, 0.6) is 11.8 Å². The molecule has 2 N–H and O–H groups in total. The monoisotopic (exact) mass is 209 g/mol. The van der Waals surface area contributed by atoms with Crippen molar-refractivity contribution in [3.63, 3.8) is 0 Å². The second-order valence-corrected chi connectivity index (χ2v) is 2.79. The van der Waals surface area contributed by atoms with Crippen LogP contribution in [0.3, 0.4) is 0 Å². The molecule has 1 aliphatic rings. The lowest BCUT2D eigenvalue weighted by atomic mass is 10.4. The van der Waals surface area contributed by atoms with E-state index < -0.39 is 0 Å². The molecular weight excluding hydrogens is 202 g/mol. The number of aromatic nitrogens is 2. The Balaban J connectivity index is 0.000000720. The van der Waals surface area contributed by atoms with Crippen LogP contribution in [0, 0.1) is 0 Å². The van der Waals surface area contributed by atoms with Crippen LogP contribution in [0.1, 0.15) is 0 Å². The maximum absolute atomic E-state index is 5.57. The summed E-state index contributed by atoms with van der Waals surface area (Å²) in [5.41, 5.74) is 5.57. The second kappa shape index (κ2) is 3.88. The molecule has 0 amide bonds. The van der Waals surface area contributed by atoms with E-state index in [-0.39, 0.29) is 18.4 Å². The lowest BCUT2D eigenvalue weighted by Crippen LogP contribution is -2.32. The molecule has 0 unspecified atom stereocenters. The molecule has 0 fully saturated rings. The number of fused-ring (bicyclic) bond motifs is 1. The summed E-state index contributed by atoms with van der Waals surface area (Å²) in [6.45, 7) is 0.886. The first kappa shape index (κ1) is 9.50. The van der Waals surface area contributed by atoms with E-state index in [2.05, 4.69) is 8.75 Å². The average molecular weight is 210 g/mol. The number of nitrogens with zero attached hydrogens (tertiary/aromatic N) is 2. The van der Waals surface area contributed by atoms with Crippen LogP contribution in [0.2, 0.25) is 0 Å². The fraction of sp³-hybridized carbons (Fsp3) is 0.600. The smallest absolute Gasteiger partial charge is 0.291 e. The standard InChI is InChI=1S/C5H7N3O2S.ClH/c6-3-1-9-4-5(10-2-3)8-11-7-4;/h3H,1-2,6H2;1H. The van der Waals surface area contributed by atoms with Gasteiger partial charge in [-0.15, -0.1) is 21.2 Å². The van der Waals surface area contributed by atoms with Gasteiger partial charge in [0.1, 0.15) is 13.2 Å². The van der Waals surface area contributed by atoms with Gasteiger partial charge in [-0.05, 0) is 0 Å². The molecule has 68 valence electrons. The molecule has 5 nitrogen and oxygen atoms in total. The summed E-state index contributed by atoms with van der Waals surface area (Å²) < 4.78 is 18.1. The van der Waals surface area contributed by atoms with Gasteiger partial charge in [-0.1, -0.05) is 0 Å². The van der Waals surface area contributed by atoms with Crippen LogP contribution < -0.4 is 15.2 Å². The van der Waals surface area contributed by atoms with Crippen LogP contribution in [-0.4, -0.2) is 28.0 Å². The molecule has 0 aliphatic carbocycles. The first-order chi connectivity index (χ1) is 5.36. The lowest BCUT2D eigenvalue weighted by Gasteiger charge is -2.04. The second-order valence-electron chi connectivity index (χ2n) is 2.26. The van der Waals surface area contributed by atoms with E-state index in [9.17, 15) is 0 Å². The molecule has 0 spiro atoms. The summed E-state index contributed by atoms with van der Waals surface area (Å²) >= 11 is 1.08. The highest BCUT2D eigenvalue weighted by Gasteiger charge is 2.18. The third-order valence-corrected chi connectivity index (χ3v) is 1.79. The van der Waals surface area contributed by atoms with Crippen molar-refractivity contribution in [2.45, 2.75) is 6.04 Å². The van der Waals surface area contributed by atoms with Crippen molar-refractivity contribution in [3.8, 4) is 11.8 Å². The minimum absolute atomic E-state index is 0. The van der Waals surface area contributed by atoms with Crippen LogP contribution in [-0.2, 0) is 0 Å². The van der Waals surface area contributed by atoms with Gasteiger partial charge in [0.25, 0.3) is 11.8 Å². The first-order valence-electron chi connectivity index (χ1n) is 3.20. The summed E-state index contributed by atoms with van der Waals surface area (Å²) in [6.07, 6.45) is 0. The molecule has 2 rings (SSSR count). The summed E-state index contributed by atoms with van der Waals surface area (Å²) in [5, 5.41) is 0. The Morgan fingerprint density at radius 2 is 1.75 bits per heavy atom. The minimum atomic E-state index is -0.0870. The van der Waals surface area contributed by atoms with Crippen LogP contribution in [0.4, 0.5) is 0 Å². The van der Waals surface area contributed by atoms with Gasteiger partial charge < -0.3 is 15.2 Å². The SMILES string of the molecule is Cl.NC1COc2nsnc2OC1. The predicted octanol–water partition coefficient (Wildman–Crippen LogP) is 0.0584. The van der Waals surface area contributed by atoms with E-state index in [1.54, 1.807) is 0 Å². The van der Waals surface area contributed by atoms with Gasteiger partial charge in [0.2, 0.25) is 0 Å². The Kier molecular flexibility index (Phi) is 3.07. The largest absolute Gasteiger partial charge is 0.471 e. The van der Waals surface area contributed by atoms with Crippen molar-refractivity contribution in [3.05, 3.63) is 0 Å². The molecule has 1 aliphatic heterocycles. The van der Waals surface area contributed by atoms with Gasteiger partial charge in [-0.25, -0.2) is 0 Å². The fourth-order valence-electron chi connectivity index (χ4n) is 0.769. The van der Waals surface area contributed by atoms with Crippen molar-refractivity contribution >= 4 is 24.1 Å². The molecule has 0 bridgehead atoms. The van der Waals surface area contributed by atoms with Gasteiger partial charge >= 0.3 is 0 Å². The molecule has 0 saturated carbocycles. The van der Waals surface area contributed by atoms with E-state index in [0.29, 0.717) is 25.0 Å². The van der Waals surface area contributed by atoms with E-state index in [0.717, 1.165) is 11.7 Å². The third kappa shape index (κ3) is 1.77. The summed E-state index contributed by atoms with van der Waals surface area (Å²) in [7, 11) is 0. The van der Waals surface area contributed by atoms with Crippen molar-refractivity contribution < 1.29 is 9.47 Å². The van der Waals surface area contributed by atoms with Crippen LogP contribution >= 0.6 is 24.1 Å².